The summed E-state index contributed by atoms with van der Waals surface area (Å²) < 4.78 is 0. The van der Waals surface area contributed by atoms with Crippen LogP contribution >= 0.6 is 0 Å². The summed E-state index contributed by atoms with van der Waals surface area (Å²) in [4.78, 5) is 69.4. The molecule has 2 aromatic carbocycles. The number of carboxylic acid groups (broad SMARTS) is 1. The second kappa shape index (κ2) is 14.9. The van der Waals surface area contributed by atoms with E-state index in [0.29, 0.717) is 16.8 Å². The molecule has 0 bridgehead atoms. The standard InChI is InChI=1S/C28H33N7O6/c29-20(14-24(30)36)25(37)33-21(11-17-7-3-1-4-8-17)26(38)34-22(12-18-9-5-2-6-10-18)27(39)35-23(28(40)41)13-19-15-31-16-32-19/h1-10,15-16,20-23H,11-14,29H2,(H2,30,36)(H,31,32)(H,33,37)(H,34,38)(H,35,39)(H,40,41). The predicted molar refractivity (Wildman–Crippen MR) is 148 cm³/mol. The maximum Gasteiger partial charge on any atom is 0.326 e. The van der Waals surface area contributed by atoms with Crippen LogP contribution < -0.4 is 27.4 Å². The zero-order chi connectivity index (χ0) is 29.8. The summed E-state index contributed by atoms with van der Waals surface area (Å²) in [6, 6.07) is 12.8. The minimum atomic E-state index is -1.30. The Morgan fingerprint density at radius 1 is 0.756 bits per heavy atom. The number of aliphatic carboxylic acids is 1. The van der Waals surface area contributed by atoms with Gasteiger partial charge in [0, 0.05) is 31.2 Å². The average molecular weight is 564 g/mol. The van der Waals surface area contributed by atoms with Crippen LogP contribution in [0.5, 0.6) is 0 Å². The summed E-state index contributed by atoms with van der Waals surface area (Å²) in [5.74, 6) is -4.25. The molecule has 4 unspecified atom stereocenters. The number of aromatic nitrogens is 2. The van der Waals surface area contributed by atoms with E-state index in [0.717, 1.165) is 0 Å². The second-order valence-corrected chi connectivity index (χ2v) is 9.46. The Balaban J connectivity index is 1.83. The number of primary amides is 1. The molecule has 0 saturated carbocycles. The van der Waals surface area contributed by atoms with Gasteiger partial charge in [-0.3, -0.25) is 19.2 Å². The molecule has 4 amide bonds. The molecule has 1 aromatic heterocycles. The summed E-state index contributed by atoms with van der Waals surface area (Å²) >= 11 is 0. The van der Waals surface area contributed by atoms with E-state index < -0.39 is 60.2 Å². The molecule has 1 heterocycles. The van der Waals surface area contributed by atoms with E-state index >= 15 is 0 Å². The molecule has 3 aromatic rings. The third-order valence-electron chi connectivity index (χ3n) is 6.18. The Labute approximate surface area is 236 Å². The monoisotopic (exact) mass is 563 g/mol. The van der Waals surface area contributed by atoms with Gasteiger partial charge in [-0.05, 0) is 11.1 Å². The van der Waals surface area contributed by atoms with Crippen LogP contribution in [0.4, 0.5) is 0 Å². The lowest BCUT2D eigenvalue weighted by Crippen LogP contribution is -2.58. The first-order chi connectivity index (χ1) is 19.6. The minimum absolute atomic E-state index is 0.0437. The molecule has 13 nitrogen and oxygen atoms in total. The van der Waals surface area contributed by atoms with Gasteiger partial charge in [0.1, 0.15) is 18.1 Å². The number of nitrogens with zero attached hydrogens (tertiary/aromatic N) is 1. The highest BCUT2D eigenvalue weighted by Gasteiger charge is 2.31. The molecule has 0 fully saturated rings. The summed E-state index contributed by atoms with van der Waals surface area (Å²) in [5, 5.41) is 17.4. The SMILES string of the molecule is NC(=O)CC(N)C(=O)NC(Cc1ccccc1)C(=O)NC(Cc1ccccc1)C(=O)NC(Cc1cnc[nH]1)C(=O)O. The number of hydrogen-bond acceptors (Lipinski definition) is 7. The quantitative estimate of drug-likeness (QED) is 0.123. The fourth-order valence-corrected chi connectivity index (χ4v) is 4.07. The first kappa shape index (κ1) is 30.5. The van der Waals surface area contributed by atoms with Crippen LogP contribution in [0.3, 0.4) is 0 Å². The van der Waals surface area contributed by atoms with Gasteiger partial charge >= 0.3 is 5.97 Å². The number of nitrogens with two attached hydrogens (primary N) is 2. The summed E-state index contributed by atoms with van der Waals surface area (Å²) in [5.41, 5.74) is 12.9. The van der Waals surface area contributed by atoms with Gasteiger partial charge in [0.15, 0.2) is 0 Å². The van der Waals surface area contributed by atoms with Gasteiger partial charge in [0.25, 0.3) is 0 Å². The number of aromatic amines is 1. The van der Waals surface area contributed by atoms with Crippen LogP contribution in [0.25, 0.3) is 0 Å². The smallest absolute Gasteiger partial charge is 0.326 e. The van der Waals surface area contributed by atoms with E-state index in [-0.39, 0.29) is 19.3 Å². The number of imidazole rings is 1. The lowest BCUT2D eigenvalue weighted by Gasteiger charge is -2.25. The van der Waals surface area contributed by atoms with Crippen molar-refractivity contribution in [2.24, 2.45) is 11.5 Å². The van der Waals surface area contributed by atoms with Crippen molar-refractivity contribution in [1.29, 1.82) is 0 Å². The van der Waals surface area contributed by atoms with Crippen molar-refractivity contribution in [3.05, 3.63) is 90.0 Å². The molecular formula is C28H33N7O6. The van der Waals surface area contributed by atoms with Crippen LogP contribution in [0.15, 0.2) is 73.2 Å². The van der Waals surface area contributed by atoms with Crippen molar-refractivity contribution in [2.45, 2.75) is 49.9 Å². The van der Waals surface area contributed by atoms with Crippen molar-refractivity contribution >= 4 is 29.6 Å². The maximum atomic E-state index is 13.5. The Morgan fingerprint density at radius 3 is 1.68 bits per heavy atom. The number of hydrogen-bond donors (Lipinski definition) is 7. The van der Waals surface area contributed by atoms with Crippen molar-refractivity contribution in [3.8, 4) is 0 Å². The number of benzene rings is 2. The number of carbonyl (C=O) groups is 5. The highest BCUT2D eigenvalue weighted by molar-refractivity contribution is 5.95. The van der Waals surface area contributed by atoms with Crippen molar-refractivity contribution in [1.82, 2.24) is 25.9 Å². The predicted octanol–water partition coefficient (Wildman–Crippen LogP) is -0.821. The van der Waals surface area contributed by atoms with Crippen molar-refractivity contribution < 1.29 is 29.1 Å². The Morgan fingerprint density at radius 2 is 1.24 bits per heavy atom. The highest BCUT2D eigenvalue weighted by atomic mass is 16.4. The van der Waals surface area contributed by atoms with Crippen LogP contribution in [-0.4, -0.2) is 68.8 Å². The molecule has 9 N–H and O–H groups in total. The second-order valence-electron chi connectivity index (χ2n) is 9.46. The zero-order valence-corrected chi connectivity index (χ0v) is 22.2. The Hall–Kier alpha value is -5.04. The molecule has 41 heavy (non-hydrogen) atoms. The Bertz CT molecular complexity index is 1320. The van der Waals surface area contributed by atoms with Gasteiger partial charge in [-0.2, -0.15) is 0 Å². The molecule has 0 aliphatic rings. The first-order valence-electron chi connectivity index (χ1n) is 12.8. The van der Waals surface area contributed by atoms with Crippen LogP contribution in [-0.2, 0) is 43.2 Å². The molecule has 0 spiro atoms. The molecule has 216 valence electrons. The maximum absolute atomic E-state index is 13.5. The van der Waals surface area contributed by atoms with E-state index in [1.807, 2.05) is 0 Å². The van der Waals surface area contributed by atoms with Gasteiger partial charge in [0.2, 0.25) is 23.6 Å². The van der Waals surface area contributed by atoms with Gasteiger partial charge in [-0.1, -0.05) is 60.7 Å². The first-order valence-corrected chi connectivity index (χ1v) is 12.8. The molecule has 0 aliphatic heterocycles. The molecule has 3 rings (SSSR count). The van der Waals surface area contributed by atoms with E-state index in [2.05, 4.69) is 25.9 Å². The van der Waals surface area contributed by atoms with E-state index in [9.17, 15) is 29.1 Å². The number of H-pyrrole nitrogens is 1. The number of carboxylic acids is 1. The number of carbonyl (C=O) groups excluding carboxylic acids is 4. The van der Waals surface area contributed by atoms with Crippen molar-refractivity contribution in [2.75, 3.05) is 0 Å². The topological polar surface area (TPSA) is 222 Å². The number of rotatable bonds is 15. The van der Waals surface area contributed by atoms with Gasteiger partial charge in [0.05, 0.1) is 18.8 Å². The molecule has 0 radical (unpaired) electrons. The lowest BCUT2D eigenvalue weighted by atomic mass is 10.0. The Kier molecular flexibility index (Phi) is 11.1. The normalized spacial score (nSPS) is 13.7. The average Bonchev–Trinajstić information content (AvgIpc) is 3.45. The molecule has 4 atom stereocenters. The fourth-order valence-electron chi connectivity index (χ4n) is 4.07. The third kappa shape index (κ3) is 9.89. The largest absolute Gasteiger partial charge is 0.480 e. The van der Waals surface area contributed by atoms with Crippen LogP contribution in [0.1, 0.15) is 23.2 Å². The van der Waals surface area contributed by atoms with Crippen LogP contribution in [0, 0.1) is 0 Å². The summed E-state index contributed by atoms with van der Waals surface area (Å²) in [6.45, 7) is 0. The highest BCUT2D eigenvalue weighted by Crippen LogP contribution is 2.09. The number of amides is 4. The van der Waals surface area contributed by atoms with Gasteiger partial charge in [-0.15, -0.1) is 0 Å². The minimum Gasteiger partial charge on any atom is -0.480 e. The summed E-state index contributed by atoms with van der Waals surface area (Å²) in [6.07, 6.45) is 2.46. The van der Waals surface area contributed by atoms with Crippen molar-refractivity contribution in [3.63, 3.8) is 0 Å². The third-order valence-corrected chi connectivity index (χ3v) is 6.18. The molecule has 0 aliphatic carbocycles. The van der Waals surface area contributed by atoms with Crippen LogP contribution in [0.2, 0.25) is 0 Å². The molecular weight excluding hydrogens is 530 g/mol. The van der Waals surface area contributed by atoms with E-state index in [1.54, 1.807) is 60.7 Å². The molecule has 13 heteroatoms. The molecule has 0 saturated heterocycles. The lowest BCUT2D eigenvalue weighted by molar-refractivity contribution is -0.142. The van der Waals surface area contributed by atoms with Gasteiger partial charge < -0.3 is 37.5 Å². The fraction of sp³-hybridized carbons (Fsp3) is 0.286. The van der Waals surface area contributed by atoms with E-state index in [1.165, 1.54) is 12.5 Å². The summed E-state index contributed by atoms with van der Waals surface area (Å²) in [7, 11) is 0. The zero-order valence-electron chi connectivity index (χ0n) is 22.2. The number of nitrogens with one attached hydrogen (secondary N) is 4. The van der Waals surface area contributed by atoms with E-state index in [4.69, 9.17) is 11.5 Å². The van der Waals surface area contributed by atoms with Gasteiger partial charge in [-0.25, -0.2) is 9.78 Å².